The molecule has 0 amide bonds. The van der Waals surface area contributed by atoms with Gasteiger partial charge in [-0.2, -0.15) is 0 Å². The maximum atomic E-state index is 13.5. The van der Waals surface area contributed by atoms with Crippen LogP contribution in [0.2, 0.25) is 0 Å². The zero-order chi connectivity index (χ0) is 15.0. The number of aryl methyl sites for hydroxylation is 2. The normalized spacial score (nSPS) is 10.8. The second kappa shape index (κ2) is 8.89. The molecule has 0 radical (unpaired) electrons. The molecule has 0 aliphatic carbocycles. The highest BCUT2D eigenvalue weighted by Crippen LogP contribution is 2.17. The van der Waals surface area contributed by atoms with Crippen LogP contribution in [0.5, 0.6) is 0 Å². The number of carbonyl (C=O) groups is 1. The number of rotatable bonds is 9. The van der Waals surface area contributed by atoms with Gasteiger partial charge in [0.05, 0.1) is 0 Å². The number of carbonyl (C=O) groups excluding carboxylic acids is 1. The summed E-state index contributed by atoms with van der Waals surface area (Å²) in [4.78, 5) is 12.1. The van der Waals surface area contributed by atoms with E-state index in [1.165, 1.54) is 32.1 Å². The summed E-state index contributed by atoms with van der Waals surface area (Å²) in [5, 5.41) is 0. The smallest absolute Gasteiger partial charge is 0.162 e. The molecule has 0 bridgehead atoms. The number of hydrogen-bond donors (Lipinski definition) is 0. The molecule has 0 N–H and O–H groups in total. The summed E-state index contributed by atoms with van der Waals surface area (Å²) in [6.07, 6.45) is 9.02. The maximum absolute atomic E-state index is 13.5. The fraction of sp³-hybridized carbons (Fsp3) is 0.611. The van der Waals surface area contributed by atoms with Crippen molar-refractivity contribution in [3.8, 4) is 0 Å². The third kappa shape index (κ3) is 5.44. The van der Waals surface area contributed by atoms with Crippen LogP contribution in [0, 0.1) is 19.7 Å². The average molecular weight is 278 g/mol. The van der Waals surface area contributed by atoms with E-state index < -0.39 is 0 Å². The Balaban J connectivity index is 2.33. The van der Waals surface area contributed by atoms with Crippen LogP contribution < -0.4 is 0 Å². The van der Waals surface area contributed by atoms with E-state index in [1.54, 1.807) is 26.0 Å². The van der Waals surface area contributed by atoms with Crippen molar-refractivity contribution in [3.63, 3.8) is 0 Å². The molecule has 0 spiro atoms. The Morgan fingerprint density at radius 1 is 0.950 bits per heavy atom. The third-order valence-electron chi connectivity index (χ3n) is 3.77. The van der Waals surface area contributed by atoms with Crippen molar-refractivity contribution in [2.24, 2.45) is 0 Å². The Morgan fingerprint density at radius 2 is 1.45 bits per heavy atom. The minimum absolute atomic E-state index is 0.143. The van der Waals surface area contributed by atoms with Crippen LogP contribution in [-0.4, -0.2) is 5.78 Å². The standard InChI is InChI=1S/C18H27FO/c1-4-5-6-7-8-9-10-11-17(20)16-12-14(2)18(19)15(3)13-16/h12-13H,4-11H2,1-3H3. The van der Waals surface area contributed by atoms with Gasteiger partial charge in [0.1, 0.15) is 5.82 Å². The Bertz CT molecular complexity index is 414. The van der Waals surface area contributed by atoms with Gasteiger partial charge in [-0.15, -0.1) is 0 Å². The lowest BCUT2D eigenvalue weighted by Gasteiger charge is -2.06. The Morgan fingerprint density at radius 3 is 2.00 bits per heavy atom. The molecule has 1 aromatic carbocycles. The molecule has 1 rings (SSSR count). The highest BCUT2D eigenvalue weighted by atomic mass is 19.1. The molecule has 1 nitrogen and oxygen atoms in total. The summed E-state index contributed by atoms with van der Waals surface area (Å²) < 4.78 is 13.5. The lowest BCUT2D eigenvalue weighted by atomic mass is 9.99. The molecule has 0 fully saturated rings. The number of hydrogen-bond acceptors (Lipinski definition) is 1. The number of benzene rings is 1. The van der Waals surface area contributed by atoms with Gasteiger partial charge in [-0.1, -0.05) is 45.4 Å². The number of unbranched alkanes of at least 4 members (excludes halogenated alkanes) is 6. The summed E-state index contributed by atoms with van der Waals surface area (Å²) in [6.45, 7) is 5.64. The summed E-state index contributed by atoms with van der Waals surface area (Å²) in [7, 11) is 0. The molecule has 0 saturated heterocycles. The van der Waals surface area contributed by atoms with Gasteiger partial charge in [-0.25, -0.2) is 4.39 Å². The molecular weight excluding hydrogens is 251 g/mol. The lowest BCUT2D eigenvalue weighted by molar-refractivity contribution is 0.0979. The van der Waals surface area contributed by atoms with Crippen LogP contribution in [0.1, 0.15) is 79.8 Å². The van der Waals surface area contributed by atoms with Crippen LogP contribution in [0.3, 0.4) is 0 Å². The van der Waals surface area contributed by atoms with Crippen LogP contribution in [-0.2, 0) is 0 Å². The van der Waals surface area contributed by atoms with Gasteiger partial charge in [0.15, 0.2) is 5.78 Å². The minimum atomic E-state index is -0.197. The Labute approximate surface area is 122 Å². The predicted molar refractivity (Wildman–Crippen MR) is 82.8 cm³/mol. The SMILES string of the molecule is CCCCCCCCCC(=O)c1cc(C)c(F)c(C)c1. The number of halogens is 1. The van der Waals surface area contributed by atoms with E-state index in [2.05, 4.69) is 6.92 Å². The van der Waals surface area contributed by atoms with E-state index in [0.29, 0.717) is 23.1 Å². The van der Waals surface area contributed by atoms with Crippen molar-refractivity contribution < 1.29 is 9.18 Å². The van der Waals surface area contributed by atoms with E-state index >= 15 is 0 Å². The van der Waals surface area contributed by atoms with E-state index in [0.717, 1.165) is 12.8 Å². The molecule has 0 unspecified atom stereocenters. The monoisotopic (exact) mass is 278 g/mol. The molecule has 0 saturated carbocycles. The molecule has 0 aromatic heterocycles. The van der Waals surface area contributed by atoms with Gasteiger partial charge in [0.25, 0.3) is 0 Å². The van der Waals surface area contributed by atoms with Gasteiger partial charge in [0, 0.05) is 12.0 Å². The molecule has 1 aromatic rings. The van der Waals surface area contributed by atoms with Crippen molar-refractivity contribution in [1.29, 1.82) is 0 Å². The molecule has 0 atom stereocenters. The van der Waals surface area contributed by atoms with Gasteiger partial charge >= 0.3 is 0 Å². The van der Waals surface area contributed by atoms with Crippen molar-refractivity contribution in [2.75, 3.05) is 0 Å². The third-order valence-corrected chi connectivity index (χ3v) is 3.77. The molecule has 0 aliphatic rings. The Kier molecular flexibility index (Phi) is 7.50. The molecule has 2 heteroatoms. The zero-order valence-electron chi connectivity index (χ0n) is 13.1. The predicted octanol–water partition coefficient (Wildman–Crippen LogP) is 5.77. The maximum Gasteiger partial charge on any atom is 0.162 e. The first-order valence-corrected chi connectivity index (χ1v) is 7.86. The first-order chi connectivity index (χ1) is 9.56. The van der Waals surface area contributed by atoms with Gasteiger partial charge in [-0.05, 0) is 43.5 Å². The highest BCUT2D eigenvalue weighted by Gasteiger charge is 2.10. The second-order valence-electron chi connectivity index (χ2n) is 5.72. The number of Topliss-reactive ketones (excluding diaryl/α,β-unsaturated/α-hetero) is 1. The van der Waals surface area contributed by atoms with Crippen LogP contribution in [0.15, 0.2) is 12.1 Å². The van der Waals surface area contributed by atoms with Crippen molar-refractivity contribution in [1.82, 2.24) is 0 Å². The van der Waals surface area contributed by atoms with Gasteiger partial charge < -0.3 is 0 Å². The van der Waals surface area contributed by atoms with E-state index in [-0.39, 0.29) is 11.6 Å². The molecule has 20 heavy (non-hydrogen) atoms. The summed E-state index contributed by atoms with van der Waals surface area (Å²) in [6, 6.07) is 3.35. The van der Waals surface area contributed by atoms with E-state index in [1.807, 2.05) is 0 Å². The second-order valence-corrected chi connectivity index (χ2v) is 5.72. The largest absolute Gasteiger partial charge is 0.294 e. The lowest BCUT2D eigenvalue weighted by Crippen LogP contribution is -2.02. The van der Waals surface area contributed by atoms with Crippen LogP contribution in [0.25, 0.3) is 0 Å². The van der Waals surface area contributed by atoms with E-state index in [4.69, 9.17) is 0 Å². The molecule has 0 aliphatic heterocycles. The number of ketones is 1. The first-order valence-electron chi connectivity index (χ1n) is 7.86. The molecule has 112 valence electrons. The minimum Gasteiger partial charge on any atom is -0.294 e. The fourth-order valence-electron chi connectivity index (χ4n) is 2.49. The van der Waals surface area contributed by atoms with Crippen LogP contribution in [0.4, 0.5) is 4.39 Å². The molecule has 0 heterocycles. The first kappa shape index (κ1) is 16.9. The Hall–Kier alpha value is -1.18. The summed E-state index contributed by atoms with van der Waals surface area (Å²) in [5.74, 6) is -0.0535. The van der Waals surface area contributed by atoms with Crippen LogP contribution >= 0.6 is 0 Å². The van der Waals surface area contributed by atoms with Gasteiger partial charge in [-0.3, -0.25) is 4.79 Å². The van der Waals surface area contributed by atoms with Crippen molar-refractivity contribution in [2.45, 2.75) is 72.1 Å². The zero-order valence-corrected chi connectivity index (χ0v) is 13.1. The quantitative estimate of drug-likeness (QED) is 0.414. The topological polar surface area (TPSA) is 17.1 Å². The van der Waals surface area contributed by atoms with Gasteiger partial charge in [0.2, 0.25) is 0 Å². The van der Waals surface area contributed by atoms with Crippen molar-refractivity contribution >= 4 is 5.78 Å². The van der Waals surface area contributed by atoms with Crippen molar-refractivity contribution in [3.05, 3.63) is 34.6 Å². The molecular formula is C18H27FO. The average Bonchev–Trinajstić information content (AvgIpc) is 2.43. The summed E-state index contributed by atoms with van der Waals surface area (Å²) >= 11 is 0. The summed E-state index contributed by atoms with van der Waals surface area (Å²) in [5.41, 5.74) is 1.79. The highest BCUT2D eigenvalue weighted by molar-refractivity contribution is 5.96. The fourth-order valence-corrected chi connectivity index (χ4v) is 2.49. The van der Waals surface area contributed by atoms with E-state index in [9.17, 15) is 9.18 Å².